The first-order valence-electron chi connectivity index (χ1n) is 6.31. The van der Waals surface area contributed by atoms with Crippen LogP contribution in [0.1, 0.15) is 12.8 Å². The van der Waals surface area contributed by atoms with E-state index in [2.05, 4.69) is 9.44 Å². The van der Waals surface area contributed by atoms with Crippen LogP contribution in [-0.2, 0) is 20.0 Å². The Kier molecular flexibility index (Phi) is 4.52. The molecule has 1 aromatic carbocycles. The van der Waals surface area contributed by atoms with Gasteiger partial charge >= 0.3 is 0 Å². The average Bonchev–Trinajstić information content (AvgIpc) is 2.34. The highest BCUT2D eigenvalue weighted by Gasteiger charge is 2.34. The largest absolute Gasteiger partial charge is 0.270 e. The molecule has 1 aromatic rings. The fourth-order valence-corrected chi connectivity index (χ4v) is 4.26. The molecular formula is C11H15N3O6S2. The minimum Gasteiger partial charge on any atom is -0.258 e. The second kappa shape index (κ2) is 5.91. The van der Waals surface area contributed by atoms with E-state index >= 15 is 0 Å². The van der Waals surface area contributed by atoms with Crippen molar-refractivity contribution >= 4 is 25.7 Å². The van der Waals surface area contributed by atoms with Gasteiger partial charge in [-0.05, 0) is 18.9 Å². The molecule has 0 bridgehead atoms. The fraction of sp³-hybridized carbons (Fsp3) is 0.455. The lowest BCUT2D eigenvalue weighted by Gasteiger charge is -2.35. The van der Waals surface area contributed by atoms with Gasteiger partial charge in [-0.3, -0.25) is 10.1 Å². The van der Waals surface area contributed by atoms with Crippen LogP contribution in [0.3, 0.4) is 0 Å². The van der Waals surface area contributed by atoms with Gasteiger partial charge in [-0.25, -0.2) is 26.3 Å². The maximum Gasteiger partial charge on any atom is 0.270 e. The maximum absolute atomic E-state index is 12.1. The number of benzene rings is 1. The Morgan fingerprint density at radius 3 is 2.27 bits per heavy atom. The SMILES string of the molecule is CS(=O)(=O)NC1CC(NS(=O)(=O)c2cccc([N+](=O)[O-])c2)C1. The molecule has 0 unspecified atom stereocenters. The molecule has 1 fully saturated rings. The monoisotopic (exact) mass is 349 g/mol. The third-order valence-corrected chi connectivity index (χ3v) is 5.46. The van der Waals surface area contributed by atoms with Crippen LogP contribution in [0, 0.1) is 10.1 Å². The number of nitrogens with zero attached hydrogens (tertiary/aromatic N) is 1. The van der Waals surface area contributed by atoms with Crippen molar-refractivity contribution in [3.63, 3.8) is 0 Å². The van der Waals surface area contributed by atoms with Crippen LogP contribution < -0.4 is 9.44 Å². The zero-order valence-electron chi connectivity index (χ0n) is 11.6. The van der Waals surface area contributed by atoms with Crippen LogP contribution in [-0.4, -0.2) is 40.1 Å². The van der Waals surface area contributed by atoms with Gasteiger partial charge in [0, 0.05) is 24.2 Å². The number of sulfonamides is 2. The lowest BCUT2D eigenvalue weighted by Crippen LogP contribution is -2.53. The molecule has 0 atom stereocenters. The summed E-state index contributed by atoms with van der Waals surface area (Å²) in [4.78, 5) is 9.81. The molecule has 2 rings (SSSR count). The predicted octanol–water partition coefficient (Wildman–Crippen LogP) is -0.0467. The Morgan fingerprint density at radius 1 is 1.14 bits per heavy atom. The Morgan fingerprint density at radius 2 is 1.73 bits per heavy atom. The van der Waals surface area contributed by atoms with Crippen molar-refractivity contribution in [1.29, 1.82) is 0 Å². The van der Waals surface area contributed by atoms with E-state index in [1.807, 2.05) is 0 Å². The van der Waals surface area contributed by atoms with Crippen LogP contribution in [0.25, 0.3) is 0 Å². The van der Waals surface area contributed by atoms with E-state index in [1.165, 1.54) is 18.2 Å². The summed E-state index contributed by atoms with van der Waals surface area (Å²) < 4.78 is 51.1. The normalized spacial score (nSPS) is 22.0. The molecule has 0 spiro atoms. The van der Waals surface area contributed by atoms with Crippen molar-refractivity contribution in [2.45, 2.75) is 29.8 Å². The summed E-state index contributed by atoms with van der Waals surface area (Å²) in [6.07, 6.45) is 1.70. The first-order valence-corrected chi connectivity index (χ1v) is 9.68. The fourth-order valence-electron chi connectivity index (χ4n) is 2.16. The molecule has 0 amide bonds. The van der Waals surface area contributed by atoms with Crippen LogP contribution in [0.5, 0.6) is 0 Å². The molecule has 1 aliphatic rings. The second-order valence-electron chi connectivity index (χ2n) is 5.13. The van der Waals surface area contributed by atoms with Crippen LogP contribution in [0.15, 0.2) is 29.2 Å². The van der Waals surface area contributed by atoms with Gasteiger partial charge in [0.05, 0.1) is 16.1 Å². The average molecular weight is 349 g/mol. The smallest absolute Gasteiger partial charge is 0.258 e. The number of hydrogen-bond acceptors (Lipinski definition) is 6. The van der Waals surface area contributed by atoms with Crippen LogP contribution in [0.4, 0.5) is 5.69 Å². The topological polar surface area (TPSA) is 135 Å². The maximum atomic E-state index is 12.1. The number of nitro groups is 1. The van der Waals surface area contributed by atoms with Gasteiger partial charge in [0.15, 0.2) is 0 Å². The van der Waals surface area contributed by atoms with E-state index in [1.54, 1.807) is 0 Å². The Bertz CT molecular complexity index is 784. The third-order valence-electron chi connectivity index (χ3n) is 3.18. The summed E-state index contributed by atoms with van der Waals surface area (Å²) in [6, 6.07) is 4.04. The predicted molar refractivity (Wildman–Crippen MR) is 78.2 cm³/mol. The van der Waals surface area contributed by atoms with E-state index in [9.17, 15) is 26.9 Å². The van der Waals surface area contributed by atoms with Crippen LogP contribution in [0.2, 0.25) is 0 Å². The summed E-state index contributed by atoms with van der Waals surface area (Å²) in [7, 11) is -7.20. The molecule has 0 saturated heterocycles. The van der Waals surface area contributed by atoms with E-state index in [4.69, 9.17) is 0 Å². The molecule has 2 N–H and O–H groups in total. The summed E-state index contributed by atoms with van der Waals surface area (Å²) >= 11 is 0. The molecule has 1 saturated carbocycles. The lowest BCUT2D eigenvalue weighted by molar-refractivity contribution is -0.385. The molecule has 0 aliphatic heterocycles. The summed E-state index contributed by atoms with van der Waals surface area (Å²) in [5, 5.41) is 10.7. The number of nitro benzene ring substituents is 1. The molecule has 0 aromatic heterocycles. The number of hydrogen-bond donors (Lipinski definition) is 2. The molecule has 0 radical (unpaired) electrons. The van der Waals surface area contributed by atoms with E-state index < -0.39 is 31.0 Å². The van der Waals surface area contributed by atoms with Crippen LogP contribution >= 0.6 is 0 Å². The summed E-state index contributed by atoms with van der Waals surface area (Å²) in [6.45, 7) is 0. The van der Waals surface area contributed by atoms with Crippen molar-refractivity contribution in [3.8, 4) is 0 Å². The Labute approximate surface area is 128 Å². The standard InChI is InChI=1S/C11H15N3O6S2/c1-21(17,18)12-8-5-9(6-8)13-22(19,20)11-4-2-3-10(7-11)14(15)16/h2-4,7-9,12-13H,5-6H2,1H3. The van der Waals surface area contributed by atoms with Crippen molar-refractivity contribution in [2.24, 2.45) is 0 Å². The van der Waals surface area contributed by atoms with Gasteiger partial charge in [0.1, 0.15) is 0 Å². The number of non-ortho nitro benzene ring substituents is 1. The van der Waals surface area contributed by atoms with E-state index in [-0.39, 0.29) is 16.6 Å². The first kappa shape index (κ1) is 16.8. The van der Waals surface area contributed by atoms with Gasteiger partial charge in [-0.2, -0.15) is 0 Å². The third kappa shape index (κ3) is 4.22. The minimum atomic E-state index is -3.88. The van der Waals surface area contributed by atoms with E-state index in [0.29, 0.717) is 12.8 Å². The molecule has 0 heterocycles. The van der Waals surface area contributed by atoms with Gasteiger partial charge in [0.25, 0.3) is 5.69 Å². The highest BCUT2D eigenvalue weighted by molar-refractivity contribution is 7.89. The van der Waals surface area contributed by atoms with Crippen molar-refractivity contribution in [3.05, 3.63) is 34.4 Å². The van der Waals surface area contributed by atoms with Crippen molar-refractivity contribution in [2.75, 3.05) is 6.26 Å². The molecule has 11 heteroatoms. The summed E-state index contributed by atoms with van der Waals surface area (Å²) in [5.74, 6) is 0. The Balaban J connectivity index is 2.01. The van der Waals surface area contributed by atoms with Gasteiger partial charge in [0.2, 0.25) is 20.0 Å². The van der Waals surface area contributed by atoms with Crippen molar-refractivity contribution in [1.82, 2.24) is 9.44 Å². The quantitative estimate of drug-likeness (QED) is 0.546. The number of nitrogens with one attached hydrogen (secondary N) is 2. The first-order chi connectivity index (χ1) is 10.1. The summed E-state index contributed by atoms with van der Waals surface area (Å²) in [5.41, 5.74) is -0.312. The molecular weight excluding hydrogens is 334 g/mol. The highest BCUT2D eigenvalue weighted by atomic mass is 32.2. The number of rotatable bonds is 6. The minimum absolute atomic E-state index is 0.193. The highest BCUT2D eigenvalue weighted by Crippen LogP contribution is 2.24. The molecule has 22 heavy (non-hydrogen) atoms. The lowest BCUT2D eigenvalue weighted by atomic mass is 9.89. The second-order valence-corrected chi connectivity index (χ2v) is 8.63. The van der Waals surface area contributed by atoms with Gasteiger partial charge < -0.3 is 0 Å². The van der Waals surface area contributed by atoms with Crippen molar-refractivity contribution < 1.29 is 21.8 Å². The molecule has 122 valence electrons. The van der Waals surface area contributed by atoms with E-state index in [0.717, 1.165) is 12.3 Å². The molecule has 1 aliphatic carbocycles. The molecule has 9 nitrogen and oxygen atoms in total. The van der Waals surface area contributed by atoms with Gasteiger partial charge in [-0.15, -0.1) is 0 Å². The Hall–Kier alpha value is -1.56. The zero-order chi connectivity index (χ0) is 16.5. The van der Waals surface area contributed by atoms with Gasteiger partial charge in [-0.1, -0.05) is 6.07 Å². The zero-order valence-corrected chi connectivity index (χ0v) is 13.2.